The van der Waals surface area contributed by atoms with Crippen molar-refractivity contribution in [1.82, 2.24) is 20.1 Å². The Morgan fingerprint density at radius 2 is 2.00 bits per heavy atom. The maximum absolute atomic E-state index is 11.7. The molecule has 0 fully saturated rings. The van der Waals surface area contributed by atoms with E-state index in [2.05, 4.69) is 22.3 Å². The molecule has 7 heteroatoms. The molecular weight excluding hydrogens is 298 g/mol. The minimum atomic E-state index is 0.0259. The number of carbonyl (C=O) groups is 1. The Hall–Kier alpha value is -1.73. The van der Waals surface area contributed by atoms with E-state index >= 15 is 0 Å². The number of nitrogens with zero attached hydrogens (tertiary/aromatic N) is 3. The van der Waals surface area contributed by atoms with Gasteiger partial charge in [-0.3, -0.25) is 4.79 Å². The Labute approximate surface area is 134 Å². The molecule has 120 valence electrons. The smallest absolute Gasteiger partial charge is 0.220 e. The van der Waals surface area contributed by atoms with Crippen molar-refractivity contribution in [1.29, 1.82) is 0 Å². The first-order valence-corrected chi connectivity index (χ1v) is 8.22. The third-order valence-electron chi connectivity index (χ3n) is 3.71. The first kappa shape index (κ1) is 16.6. The standard InChI is InChI=1S/C15H23N5OS/c1-9-12(4)22-15(18-9)20-11(3)13(10(2)19-20)5-6-14(21)17-8-7-16/h5-8,16H2,1-4H3,(H,17,21). The molecular formula is C15H23N5OS. The normalized spacial score (nSPS) is 11.0. The molecule has 0 spiro atoms. The molecule has 3 N–H and O–H groups in total. The van der Waals surface area contributed by atoms with Crippen molar-refractivity contribution in [3.8, 4) is 5.13 Å². The van der Waals surface area contributed by atoms with Crippen LogP contribution in [0.1, 0.15) is 33.9 Å². The van der Waals surface area contributed by atoms with Crippen LogP contribution < -0.4 is 11.1 Å². The van der Waals surface area contributed by atoms with Crippen molar-refractivity contribution >= 4 is 17.2 Å². The van der Waals surface area contributed by atoms with Crippen LogP contribution in [-0.2, 0) is 11.2 Å². The fraction of sp³-hybridized carbons (Fsp3) is 0.533. The fourth-order valence-electron chi connectivity index (χ4n) is 2.31. The Kier molecular flexibility index (Phi) is 5.31. The molecule has 0 bridgehead atoms. The monoisotopic (exact) mass is 321 g/mol. The summed E-state index contributed by atoms with van der Waals surface area (Å²) in [5, 5.41) is 8.26. The third-order valence-corrected chi connectivity index (χ3v) is 4.76. The Morgan fingerprint density at radius 1 is 1.27 bits per heavy atom. The zero-order valence-corrected chi connectivity index (χ0v) is 14.4. The number of carbonyl (C=O) groups excluding carboxylic acids is 1. The molecule has 2 aromatic rings. The molecule has 0 aliphatic heterocycles. The van der Waals surface area contributed by atoms with Gasteiger partial charge in [-0.2, -0.15) is 5.10 Å². The Balaban J connectivity index is 2.15. The highest BCUT2D eigenvalue weighted by atomic mass is 32.1. The first-order chi connectivity index (χ1) is 10.4. The van der Waals surface area contributed by atoms with E-state index in [1.807, 2.05) is 25.5 Å². The second kappa shape index (κ2) is 7.02. The summed E-state index contributed by atoms with van der Waals surface area (Å²) in [5.74, 6) is 0.0259. The van der Waals surface area contributed by atoms with Crippen LogP contribution >= 0.6 is 11.3 Å². The number of hydrogen-bond donors (Lipinski definition) is 2. The van der Waals surface area contributed by atoms with E-state index in [4.69, 9.17) is 5.73 Å². The van der Waals surface area contributed by atoms with Crippen LogP contribution in [-0.4, -0.2) is 33.8 Å². The van der Waals surface area contributed by atoms with Crippen molar-refractivity contribution in [2.24, 2.45) is 5.73 Å². The lowest BCUT2D eigenvalue weighted by atomic mass is 10.1. The van der Waals surface area contributed by atoms with Crippen molar-refractivity contribution in [3.63, 3.8) is 0 Å². The van der Waals surface area contributed by atoms with Crippen molar-refractivity contribution < 1.29 is 4.79 Å². The van der Waals surface area contributed by atoms with Crippen LogP contribution in [0.2, 0.25) is 0 Å². The number of aryl methyl sites for hydroxylation is 3. The molecule has 2 aromatic heterocycles. The molecule has 22 heavy (non-hydrogen) atoms. The molecule has 0 radical (unpaired) electrons. The van der Waals surface area contributed by atoms with E-state index in [-0.39, 0.29) is 5.91 Å². The maximum atomic E-state index is 11.7. The number of amides is 1. The highest BCUT2D eigenvalue weighted by Crippen LogP contribution is 2.24. The molecule has 2 rings (SSSR count). The number of aromatic nitrogens is 3. The van der Waals surface area contributed by atoms with Gasteiger partial charge in [-0.05, 0) is 39.7 Å². The lowest BCUT2D eigenvalue weighted by molar-refractivity contribution is -0.120. The molecule has 1 amide bonds. The summed E-state index contributed by atoms with van der Waals surface area (Å²) in [4.78, 5) is 17.5. The van der Waals surface area contributed by atoms with Crippen molar-refractivity contribution in [3.05, 3.63) is 27.5 Å². The molecule has 6 nitrogen and oxygen atoms in total. The minimum absolute atomic E-state index is 0.0259. The van der Waals surface area contributed by atoms with Crippen LogP contribution in [0.15, 0.2) is 0 Å². The van der Waals surface area contributed by atoms with Gasteiger partial charge in [0.15, 0.2) is 0 Å². The van der Waals surface area contributed by atoms with Gasteiger partial charge in [0, 0.05) is 30.1 Å². The summed E-state index contributed by atoms with van der Waals surface area (Å²) in [6.07, 6.45) is 1.13. The minimum Gasteiger partial charge on any atom is -0.355 e. The molecule has 2 heterocycles. The van der Waals surface area contributed by atoms with E-state index in [1.54, 1.807) is 11.3 Å². The SMILES string of the molecule is Cc1nc(-n2nc(C)c(CCC(=O)NCCN)c2C)sc1C. The zero-order valence-electron chi connectivity index (χ0n) is 13.6. The van der Waals surface area contributed by atoms with Gasteiger partial charge in [-0.1, -0.05) is 11.3 Å². The van der Waals surface area contributed by atoms with Crippen LogP contribution in [0.5, 0.6) is 0 Å². The lowest BCUT2D eigenvalue weighted by Crippen LogP contribution is -2.29. The maximum Gasteiger partial charge on any atom is 0.220 e. The quantitative estimate of drug-likeness (QED) is 0.845. The summed E-state index contributed by atoms with van der Waals surface area (Å²) in [6, 6.07) is 0. The first-order valence-electron chi connectivity index (χ1n) is 7.40. The average Bonchev–Trinajstić information content (AvgIpc) is 2.95. The summed E-state index contributed by atoms with van der Waals surface area (Å²) in [7, 11) is 0. The van der Waals surface area contributed by atoms with Gasteiger partial charge in [0.1, 0.15) is 0 Å². The third kappa shape index (κ3) is 3.53. The number of nitrogens with one attached hydrogen (secondary N) is 1. The van der Waals surface area contributed by atoms with Gasteiger partial charge in [-0.25, -0.2) is 9.67 Å². The number of thiazole rings is 1. The highest BCUT2D eigenvalue weighted by molar-refractivity contribution is 7.14. The van der Waals surface area contributed by atoms with E-state index in [1.165, 1.54) is 4.88 Å². The summed E-state index contributed by atoms with van der Waals surface area (Å²) in [5.41, 5.74) is 9.54. The highest BCUT2D eigenvalue weighted by Gasteiger charge is 2.16. The number of rotatable bonds is 6. The summed E-state index contributed by atoms with van der Waals surface area (Å²) >= 11 is 1.64. The molecule has 0 unspecified atom stereocenters. The van der Waals surface area contributed by atoms with Crippen LogP contribution in [0.3, 0.4) is 0 Å². The van der Waals surface area contributed by atoms with Gasteiger partial charge in [0.25, 0.3) is 0 Å². The summed E-state index contributed by atoms with van der Waals surface area (Å²) < 4.78 is 1.88. The van der Waals surface area contributed by atoms with Crippen LogP contribution in [0, 0.1) is 27.7 Å². The van der Waals surface area contributed by atoms with E-state index in [0.29, 0.717) is 25.9 Å². The van der Waals surface area contributed by atoms with E-state index < -0.39 is 0 Å². The van der Waals surface area contributed by atoms with Gasteiger partial charge in [0.05, 0.1) is 11.4 Å². The Morgan fingerprint density at radius 3 is 2.59 bits per heavy atom. The predicted octanol–water partition coefficient (Wildman–Crippen LogP) is 1.57. The lowest BCUT2D eigenvalue weighted by Gasteiger charge is -2.04. The second-order valence-corrected chi connectivity index (χ2v) is 6.52. The van der Waals surface area contributed by atoms with Gasteiger partial charge < -0.3 is 11.1 Å². The molecule has 0 saturated carbocycles. The van der Waals surface area contributed by atoms with Gasteiger partial charge in [0.2, 0.25) is 11.0 Å². The van der Waals surface area contributed by atoms with E-state index in [0.717, 1.165) is 27.8 Å². The molecule has 0 aliphatic rings. The van der Waals surface area contributed by atoms with Crippen LogP contribution in [0.25, 0.3) is 5.13 Å². The predicted molar refractivity (Wildman–Crippen MR) is 88.6 cm³/mol. The van der Waals surface area contributed by atoms with Crippen molar-refractivity contribution in [2.45, 2.75) is 40.5 Å². The molecule has 0 aromatic carbocycles. The average molecular weight is 321 g/mol. The van der Waals surface area contributed by atoms with Crippen molar-refractivity contribution in [2.75, 3.05) is 13.1 Å². The summed E-state index contributed by atoms with van der Waals surface area (Å²) in [6.45, 7) is 9.05. The number of hydrogen-bond acceptors (Lipinski definition) is 5. The molecule has 0 saturated heterocycles. The zero-order chi connectivity index (χ0) is 16.3. The fourth-order valence-corrected chi connectivity index (χ4v) is 3.22. The van der Waals surface area contributed by atoms with Crippen LogP contribution in [0.4, 0.5) is 0 Å². The Bertz CT molecular complexity index is 654. The van der Waals surface area contributed by atoms with Gasteiger partial charge in [-0.15, -0.1) is 0 Å². The van der Waals surface area contributed by atoms with Gasteiger partial charge >= 0.3 is 0 Å². The number of nitrogens with two attached hydrogens (primary N) is 1. The molecule has 0 aliphatic carbocycles. The van der Waals surface area contributed by atoms with E-state index in [9.17, 15) is 4.79 Å². The largest absolute Gasteiger partial charge is 0.355 e. The second-order valence-electron chi connectivity index (χ2n) is 5.34. The molecule has 0 atom stereocenters. The topological polar surface area (TPSA) is 85.8 Å².